The van der Waals surface area contributed by atoms with Crippen molar-refractivity contribution < 1.29 is 9.53 Å². The molecule has 0 aromatic carbocycles. The van der Waals surface area contributed by atoms with Gasteiger partial charge in [-0.25, -0.2) is 4.79 Å². The van der Waals surface area contributed by atoms with E-state index >= 15 is 0 Å². The molecule has 13 heavy (non-hydrogen) atoms. The van der Waals surface area contributed by atoms with Gasteiger partial charge in [0.25, 0.3) is 0 Å². The van der Waals surface area contributed by atoms with E-state index in [4.69, 9.17) is 4.74 Å². The summed E-state index contributed by atoms with van der Waals surface area (Å²) in [5.74, 6) is 5.86. The van der Waals surface area contributed by atoms with Crippen molar-refractivity contribution >= 4 is 5.97 Å². The summed E-state index contributed by atoms with van der Waals surface area (Å²) < 4.78 is 4.70. The quantitative estimate of drug-likeness (QED) is 0.381. The summed E-state index contributed by atoms with van der Waals surface area (Å²) >= 11 is 0. The van der Waals surface area contributed by atoms with Crippen LogP contribution in [0.4, 0.5) is 0 Å². The molecule has 0 spiro atoms. The second-order valence-corrected chi connectivity index (χ2v) is 3.20. The van der Waals surface area contributed by atoms with Gasteiger partial charge in [0, 0.05) is 24.9 Å². The molecule has 0 aromatic rings. The fraction of sp³-hybridized carbons (Fsp3) is 0.700. The van der Waals surface area contributed by atoms with E-state index in [2.05, 4.69) is 17.2 Å². The van der Waals surface area contributed by atoms with Crippen LogP contribution in [0.1, 0.15) is 13.8 Å². The monoisotopic (exact) mass is 181 g/mol. The molecule has 1 aliphatic heterocycles. The van der Waals surface area contributed by atoms with E-state index in [1.54, 1.807) is 6.92 Å². The van der Waals surface area contributed by atoms with Crippen molar-refractivity contribution in [2.45, 2.75) is 13.8 Å². The lowest BCUT2D eigenvalue weighted by Crippen LogP contribution is -2.45. The Morgan fingerprint density at radius 2 is 2.38 bits per heavy atom. The predicted octanol–water partition coefficient (Wildman–Crippen LogP) is 0.408. The summed E-state index contributed by atoms with van der Waals surface area (Å²) in [6.45, 7) is 6.24. The normalized spacial score (nSPS) is 18.0. The number of nitrogens with one attached hydrogen (secondary N) is 1. The number of hydrogen-bond acceptors (Lipinski definition) is 3. The van der Waals surface area contributed by atoms with E-state index in [1.807, 2.05) is 6.92 Å². The summed E-state index contributed by atoms with van der Waals surface area (Å²) in [6.07, 6.45) is 0. The molecule has 0 aromatic heterocycles. The molecule has 0 aliphatic carbocycles. The van der Waals surface area contributed by atoms with Crippen LogP contribution in [0.25, 0.3) is 0 Å². The zero-order chi connectivity index (χ0) is 9.68. The van der Waals surface area contributed by atoms with E-state index in [1.165, 1.54) is 0 Å². The zero-order valence-corrected chi connectivity index (χ0v) is 8.09. The molecule has 0 saturated carbocycles. The minimum Gasteiger partial charge on any atom is -0.456 e. The maximum atomic E-state index is 10.9. The fourth-order valence-corrected chi connectivity index (χ4v) is 1.12. The van der Waals surface area contributed by atoms with Crippen LogP contribution in [-0.2, 0) is 9.53 Å². The lowest BCUT2D eigenvalue weighted by molar-refractivity contribution is -0.136. The standard InChI is InChI=1S/C10H15NO2/c1-3-13-10(12)5-4-8(2)9-6-11-7-9/h8-9,11H,3,6-7H2,1-2H3. The Morgan fingerprint density at radius 1 is 1.69 bits per heavy atom. The molecule has 1 rings (SSSR count). The Hall–Kier alpha value is -1.01. The molecule has 1 atom stereocenters. The summed E-state index contributed by atoms with van der Waals surface area (Å²) in [5.41, 5.74) is 0. The van der Waals surface area contributed by atoms with E-state index < -0.39 is 5.97 Å². The molecule has 0 radical (unpaired) electrons. The molecular formula is C10H15NO2. The number of carbonyl (C=O) groups excluding carboxylic acids is 1. The van der Waals surface area contributed by atoms with Crippen LogP contribution in [0.3, 0.4) is 0 Å². The zero-order valence-electron chi connectivity index (χ0n) is 8.09. The van der Waals surface area contributed by atoms with E-state index in [0.29, 0.717) is 12.5 Å². The summed E-state index contributed by atoms with van der Waals surface area (Å²) in [5, 5.41) is 3.17. The summed E-state index contributed by atoms with van der Waals surface area (Å²) in [7, 11) is 0. The van der Waals surface area contributed by atoms with Gasteiger partial charge >= 0.3 is 5.97 Å². The van der Waals surface area contributed by atoms with E-state index in [-0.39, 0.29) is 5.92 Å². The number of esters is 1. The molecule has 72 valence electrons. The topological polar surface area (TPSA) is 38.3 Å². The van der Waals surface area contributed by atoms with Gasteiger partial charge in [-0.3, -0.25) is 0 Å². The first-order chi connectivity index (χ1) is 6.24. The van der Waals surface area contributed by atoms with E-state index in [9.17, 15) is 4.79 Å². The second kappa shape index (κ2) is 4.88. The summed E-state index contributed by atoms with van der Waals surface area (Å²) in [4.78, 5) is 10.9. The Kier molecular flexibility index (Phi) is 3.78. The lowest BCUT2D eigenvalue weighted by Gasteiger charge is -2.29. The van der Waals surface area contributed by atoms with Crippen molar-refractivity contribution in [2.75, 3.05) is 19.7 Å². The van der Waals surface area contributed by atoms with Crippen LogP contribution in [-0.4, -0.2) is 25.7 Å². The van der Waals surface area contributed by atoms with Crippen LogP contribution in [0.2, 0.25) is 0 Å². The largest absolute Gasteiger partial charge is 0.456 e. The van der Waals surface area contributed by atoms with Crippen LogP contribution in [0, 0.1) is 23.7 Å². The maximum absolute atomic E-state index is 10.9. The molecular weight excluding hydrogens is 166 g/mol. The first kappa shape index (κ1) is 10.1. The van der Waals surface area contributed by atoms with Crippen molar-refractivity contribution in [3.63, 3.8) is 0 Å². The van der Waals surface area contributed by atoms with Gasteiger partial charge in [-0.2, -0.15) is 0 Å². The highest BCUT2D eigenvalue weighted by Gasteiger charge is 2.21. The third kappa shape index (κ3) is 3.08. The Morgan fingerprint density at radius 3 is 2.85 bits per heavy atom. The smallest absolute Gasteiger partial charge is 0.384 e. The minimum atomic E-state index is -0.415. The second-order valence-electron chi connectivity index (χ2n) is 3.20. The lowest BCUT2D eigenvalue weighted by atomic mass is 9.89. The number of hydrogen-bond donors (Lipinski definition) is 1. The van der Waals surface area contributed by atoms with Crippen LogP contribution in [0.15, 0.2) is 0 Å². The van der Waals surface area contributed by atoms with Crippen LogP contribution in [0.5, 0.6) is 0 Å². The Bertz CT molecular complexity index is 235. The molecule has 1 unspecified atom stereocenters. The van der Waals surface area contributed by atoms with Gasteiger partial charge in [-0.1, -0.05) is 12.8 Å². The third-order valence-corrected chi connectivity index (χ3v) is 2.20. The molecule has 1 heterocycles. The molecule has 3 nitrogen and oxygen atoms in total. The fourth-order valence-electron chi connectivity index (χ4n) is 1.12. The molecule has 0 bridgehead atoms. The van der Waals surface area contributed by atoms with Gasteiger partial charge in [0.15, 0.2) is 0 Å². The molecule has 3 heteroatoms. The van der Waals surface area contributed by atoms with Gasteiger partial charge in [-0.05, 0) is 12.8 Å². The first-order valence-electron chi connectivity index (χ1n) is 4.63. The molecule has 0 amide bonds. The van der Waals surface area contributed by atoms with Gasteiger partial charge < -0.3 is 10.1 Å². The molecule has 1 N–H and O–H groups in total. The van der Waals surface area contributed by atoms with Crippen molar-refractivity contribution in [3.05, 3.63) is 0 Å². The van der Waals surface area contributed by atoms with Crippen molar-refractivity contribution in [2.24, 2.45) is 11.8 Å². The van der Waals surface area contributed by atoms with Crippen molar-refractivity contribution in [1.82, 2.24) is 5.32 Å². The highest BCUT2D eigenvalue weighted by molar-refractivity contribution is 5.88. The average Bonchev–Trinajstić information content (AvgIpc) is 1.98. The van der Waals surface area contributed by atoms with Gasteiger partial charge in [0.1, 0.15) is 0 Å². The van der Waals surface area contributed by atoms with Gasteiger partial charge in [0.05, 0.1) is 6.61 Å². The van der Waals surface area contributed by atoms with Crippen LogP contribution >= 0.6 is 0 Å². The minimum absolute atomic E-state index is 0.283. The molecule has 1 aliphatic rings. The SMILES string of the molecule is CCOC(=O)C#CC(C)C1CNC1. The molecule has 1 saturated heterocycles. The van der Waals surface area contributed by atoms with Crippen LogP contribution < -0.4 is 5.32 Å². The first-order valence-corrected chi connectivity index (χ1v) is 4.63. The Balaban J connectivity index is 2.31. The van der Waals surface area contributed by atoms with Gasteiger partial charge in [-0.15, -0.1) is 0 Å². The highest BCUT2D eigenvalue weighted by Crippen LogP contribution is 2.14. The maximum Gasteiger partial charge on any atom is 0.384 e. The summed E-state index contributed by atoms with van der Waals surface area (Å²) in [6, 6.07) is 0. The van der Waals surface area contributed by atoms with E-state index in [0.717, 1.165) is 13.1 Å². The number of rotatable bonds is 2. The third-order valence-electron chi connectivity index (χ3n) is 2.20. The van der Waals surface area contributed by atoms with Crippen molar-refractivity contribution in [1.29, 1.82) is 0 Å². The molecule has 1 fully saturated rings. The average molecular weight is 181 g/mol. The van der Waals surface area contributed by atoms with Gasteiger partial charge in [0.2, 0.25) is 0 Å². The number of carbonyl (C=O) groups is 1. The number of ether oxygens (including phenoxy) is 1. The van der Waals surface area contributed by atoms with Crippen molar-refractivity contribution in [3.8, 4) is 11.8 Å². The Labute approximate surface area is 78.8 Å². The predicted molar refractivity (Wildman–Crippen MR) is 49.9 cm³/mol. The highest BCUT2D eigenvalue weighted by atomic mass is 16.5.